The number of hydrogen-bond donors (Lipinski definition) is 1. The molecule has 164 valence electrons. The topological polar surface area (TPSA) is 102 Å². The molecule has 0 radical (unpaired) electrons. The molecule has 0 saturated carbocycles. The van der Waals surface area contributed by atoms with Crippen molar-refractivity contribution in [2.24, 2.45) is 0 Å². The summed E-state index contributed by atoms with van der Waals surface area (Å²) in [4.78, 5) is 37.6. The average Bonchev–Trinajstić information content (AvgIpc) is 2.82. The van der Waals surface area contributed by atoms with Gasteiger partial charge in [-0.05, 0) is 48.9 Å². The normalized spacial score (nSPS) is 11.3. The molecule has 0 aliphatic heterocycles. The Morgan fingerprint density at radius 3 is 2.38 bits per heavy atom. The van der Waals surface area contributed by atoms with Crippen molar-refractivity contribution >= 4 is 23.2 Å². The van der Waals surface area contributed by atoms with Crippen LogP contribution in [0.3, 0.4) is 0 Å². The standard InChI is InChI=1S/C24H23N3O5/c1-16(26(2)24(29)19-12-13-22(32-3)21(15-19)27(30)31)18-10-7-11-20(14-18)25-23(28)17-8-5-4-6-9-17/h4-16H,1-3H3,(H,25,28). The van der Waals surface area contributed by atoms with Gasteiger partial charge >= 0.3 is 5.69 Å². The Morgan fingerprint density at radius 1 is 1.00 bits per heavy atom. The summed E-state index contributed by atoms with van der Waals surface area (Å²) in [6.45, 7) is 1.84. The lowest BCUT2D eigenvalue weighted by Gasteiger charge is -2.26. The Balaban J connectivity index is 1.78. The molecular weight excluding hydrogens is 410 g/mol. The number of benzene rings is 3. The van der Waals surface area contributed by atoms with E-state index in [1.807, 2.05) is 19.1 Å². The van der Waals surface area contributed by atoms with Gasteiger partial charge in [0.1, 0.15) is 0 Å². The highest BCUT2D eigenvalue weighted by atomic mass is 16.6. The van der Waals surface area contributed by atoms with E-state index in [9.17, 15) is 19.7 Å². The second-order valence-electron chi connectivity index (χ2n) is 7.18. The van der Waals surface area contributed by atoms with E-state index in [1.54, 1.807) is 49.5 Å². The molecule has 3 aromatic rings. The maximum atomic E-state index is 13.0. The SMILES string of the molecule is COc1ccc(C(=O)N(C)C(C)c2cccc(NC(=O)c3ccccc3)c2)cc1[N+](=O)[O-]. The first-order valence-corrected chi connectivity index (χ1v) is 9.87. The first kappa shape index (κ1) is 22.5. The fourth-order valence-electron chi connectivity index (χ4n) is 3.24. The van der Waals surface area contributed by atoms with Gasteiger partial charge in [-0.2, -0.15) is 0 Å². The number of hydrogen-bond acceptors (Lipinski definition) is 5. The van der Waals surface area contributed by atoms with Crippen LogP contribution in [0.4, 0.5) is 11.4 Å². The lowest BCUT2D eigenvalue weighted by molar-refractivity contribution is -0.385. The van der Waals surface area contributed by atoms with E-state index < -0.39 is 4.92 Å². The minimum absolute atomic E-state index is 0.0871. The van der Waals surface area contributed by atoms with Crippen molar-refractivity contribution in [1.82, 2.24) is 4.90 Å². The van der Waals surface area contributed by atoms with Crippen LogP contribution in [0.2, 0.25) is 0 Å². The summed E-state index contributed by atoms with van der Waals surface area (Å²) in [5.41, 5.74) is 1.85. The highest BCUT2D eigenvalue weighted by Gasteiger charge is 2.23. The van der Waals surface area contributed by atoms with Crippen molar-refractivity contribution in [3.63, 3.8) is 0 Å². The largest absolute Gasteiger partial charge is 0.490 e. The number of nitrogens with zero attached hydrogens (tertiary/aromatic N) is 2. The first-order valence-electron chi connectivity index (χ1n) is 9.87. The molecule has 3 aromatic carbocycles. The van der Waals surface area contributed by atoms with Crippen LogP contribution >= 0.6 is 0 Å². The Labute approximate surface area is 185 Å². The second kappa shape index (κ2) is 9.74. The molecule has 0 fully saturated rings. The molecule has 8 nitrogen and oxygen atoms in total. The number of ether oxygens (including phenoxy) is 1. The molecular formula is C24H23N3O5. The molecule has 0 saturated heterocycles. The summed E-state index contributed by atoms with van der Waals surface area (Å²) in [6, 6.07) is 19.8. The average molecular weight is 433 g/mol. The molecule has 0 aliphatic carbocycles. The van der Waals surface area contributed by atoms with Crippen LogP contribution in [0.1, 0.15) is 39.2 Å². The summed E-state index contributed by atoms with van der Waals surface area (Å²) < 4.78 is 4.99. The second-order valence-corrected chi connectivity index (χ2v) is 7.18. The van der Waals surface area contributed by atoms with Gasteiger partial charge in [-0.25, -0.2) is 0 Å². The molecule has 3 rings (SSSR count). The van der Waals surface area contributed by atoms with E-state index in [1.165, 1.54) is 30.2 Å². The first-order chi connectivity index (χ1) is 15.3. The fourth-order valence-corrected chi connectivity index (χ4v) is 3.24. The van der Waals surface area contributed by atoms with Crippen molar-refractivity contribution in [2.75, 3.05) is 19.5 Å². The van der Waals surface area contributed by atoms with Crippen LogP contribution in [0, 0.1) is 10.1 Å². The molecule has 0 aromatic heterocycles. The summed E-state index contributed by atoms with van der Waals surface area (Å²) in [5.74, 6) is -0.517. The number of carbonyl (C=O) groups is 2. The number of amides is 2. The number of nitro benzene ring substituents is 1. The third-order valence-corrected chi connectivity index (χ3v) is 5.19. The molecule has 0 spiro atoms. The molecule has 8 heteroatoms. The van der Waals surface area contributed by atoms with Crippen LogP contribution in [0.5, 0.6) is 5.75 Å². The molecule has 1 unspecified atom stereocenters. The van der Waals surface area contributed by atoms with Crippen LogP contribution in [0.15, 0.2) is 72.8 Å². The van der Waals surface area contributed by atoms with E-state index >= 15 is 0 Å². The maximum absolute atomic E-state index is 13.0. The van der Waals surface area contributed by atoms with Crippen LogP contribution in [-0.2, 0) is 0 Å². The zero-order valence-electron chi connectivity index (χ0n) is 17.9. The number of anilines is 1. The lowest BCUT2D eigenvalue weighted by atomic mass is 10.0. The van der Waals surface area contributed by atoms with Crippen LogP contribution in [0.25, 0.3) is 0 Å². The van der Waals surface area contributed by atoms with Gasteiger partial charge in [-0.1, -0.05) is 30.3 Å². The molecule has 0 heterocycles. The van der Waals surface area contributed by atoms with Crippen molar-refractivity contribution in [3.05, 3.63) is 99.6 Å². The van der Waals surface area contributed by atoms with E-state index in [4.69, 9.17) is 4.74 Å². The van der Waals surface area contributed by atoms with Gasteiger partial charge in [0.15, 0.2) is 5.75 Å². The highest BCUT2D eigenvalue weighted by Crippen LogP contribution is 2.29. The molecule has 0 bridgehead atoms. The number of rotatable bonds is 7. The lowest BCUT2D eigenvalue weighted by Crippen LogP contribution is -2.29. The molecule has 1 N–H and O–H groups in total. The maximum Gasteiger partial charge on any atom is 0.311 e. The van der Waals surface area contributed by atoms with Gasteiger partial charge in [-0.15, -0.1) is 0 Å². The zero-order chi connectivity index (χ0) is 23.3. The number of methoxy groups -OCH3 is 1. The predicted octanol–water partition coefficient (Wildman–Crippen LogP) is 4.69. The zero-order valence-corrected chi connectivity index (χ0v) is 17.9. The minimum Gasteiger partial charge on any atom is -0.490 e. The molecule has 0 aliphatic rings. The molecule has 32 heavy (non-hydrogen) atoms. The van der Waals surface area contributed by atoms with Gasteiger partial charge in [0.25, 0.3) is 11.8 Å². The number of nitro groups is 1. The molecule has 2 amide bonds. The monoisotopic (exact) mass is 433 g/mol. The quantitative estimate of drug-likeness (QED) is 0.430. The predicted molar refractivity (Wildman–Crippen MR) is 121 cm³/mol. The van der Waals surface area contributed by atoms with Crippen molar-refractivity contribution in [1.29, 1.82) is 0 Å². The summed E-state index contributed by atoms with van der Waals surface area (Å²) in [5, 5.41) is 14.1. The van der Waals surface area contributed by atoms with Gasteiger partial charge in [-0.3, -0.25) is 19.7 Å². The van der Waals surface area contributed by atoms with Gasteiger partial charge in [0.05, 0.1) is 18.1 Å². The van der Waals surface area contributed by atoms with Crippen LogP contribution in [-0.4, -0.2) is 35.8 Å². The Hall–Kier alpha value is -4.20. The van der Waals surface area contributed by atoms with E-state index in [-0.39, 0.29) is 34.9 Å². The third-order valence-electron chi connectivity index (χ3n) is 5.19. The van der Waals surface area contributed by atoms with Crippen molar-refractivity contribution in [3.8, 4) is 5.75 Å². The van der Waals surface area contributed by atoms with Gasteiger partial charge < -0.3 is 15.0 Å². The van der Waals surface area contributed by atoms with Gasteiger partial charge in [0.2, 0.25) is 0 Å². The summed E-state index contributed by atoms with van der Waals surface area (Å²) in [6.07, 6.45) is 0. The van der Waals surface area contributed by atoms with Crippen molar-refractivity contribution < 1.29 is 19.2 Å². The van der Waals surface area contributed by atoms with E-state index in [0.29, 0.717) is 11.3 Å². The minimum atomic E-state index is -0.585. The van der Waals surface area contributed by atoms with E-state index in [0.717, 1.165) is 5.56 Å². The number of nitrogens with one attached hydrogen (secondary N) is 1. The number of carbonyl (C=O) groups excluding carboxylic acids is 2. The van der Waals surface area contributed by atoms with Crippen molar-refractivity contribution in [2.45, 2.75) is 13.0 Å². The summed E-state index contributed by atoms with van der Waals surface area (Å²) >= 11 is 0. The van der Waals surface area contributed by atoms with Gasteiger partial charge in [0, 0.05) is 29.9 Å². The third kappa shape index (κ3) is 4.92. The van der Waals surface area contributed by atoms with Crippen LogP contribution < -0.4 is 10.1 Å². The Bertz CT molecular complexity index is 1150. The smallest absolute Gasteiger partial charge is 0.311 e. The Kier molecular flexibility index (Phi) is 6.84. The summed E-state index contributed by atoms with van der Waals surface area (Å²) in [7, 11) is 2.96. The Morgan fingerprint density at radius 2 is 1.72 bits per heavy atom. The molecule has 1 atom stereocenters. The van der Waals surface area contributed by atoms with E-state index in [2.05, 4.69) is 5.32 Å². The highest BCUT2D eigenvalue weighted by molar-refractivity contribution is 6.04. The fraction of sp³-hybridized carbons (Fsp3) is 0.167.